The quantitative estimate of drug-likeness (QED) is 0.872. The van der Waals surface area contributed by atoms with E-state index in [1.165, 1.54) is 16.5 Å². The molecule has 1 aromatic heterocycles. The van der Waals surface area contributed by atoms with Crippen molar-refractivity contribution in [3.05, 3.63) is 35.0 Å². The molecule has 1 aliphatic rings. The number of ether oxygens (including phenoxy) is 1. The molecule has 0 aliphatic carbocycles. The second kappa shape index (κ2) is 4.67. The second-order valence-electron chi connectivity index (χ2n) is 4.42. The number of benzene rings is 1. The summed E-state index contributed by atoms with van der Waals surface area (Å²) in [6, 6.07) is 3.92. The molecule has 1 aromatic carbocycles. The zero-order valence-electron chi connectivity index (χ0n) is 10.2. The lowest BCUT2D eigenvalue weighted by Gasteiger charge is -2.13. The number of hydrogen-bond acceptors (Lipinski definition) is 2. The first-order valence-corrected chi connectivity index (χ1v) is 6.42. The molecule has 0 spiro atoms. The predicted octanol–water partition coefficient (Wildman–Crippen LogP) is 3.21. The van der Waals surface area contributed by atoms with Crippen LogP contribution in [0.1, 0.15) is 12.0 Å². The Kier molecular flexibility index (Phi) is 3.02. The van der Waals surface area contributed by atoms with E-state index in [1.807, 2.05) is 12.1 Å². The fourth-order valence-electron chi connectivity index (χ4n) is 2.41. The highest BCUT2D eigenvalue weighted by Gasteiger charge is 2.13. The monoisotopic (exact) mass is 262 g/mol. The minimum atomic E-state index is 0.637. The Labute approximate surface area is 111 Å². The van der Waals surface area contributed by atoms with Gasteiger partial charge >= 0.3 is 0 Å². The summed E-state index contributed by atoms with van der Waals surface area (Å²) < 4.78 is 5.29. The number of rotatable bonds is 2. The summed E-state index contributed by atoms with van der Waals surface area (Å²) >= 11 is 6.13. The first-order valence-electron chi connectivity index (χ1n) is 6.04. The average Bonchev–Trinajstić information content (AvgIpc) is 2.81. The maximum Gasteiger partial charge on any atom is 0.138 e. The molecule has 3 nitrogen and oxygen atoms in total. The number of H-pyrrole nitrogens is 1. The summed E-state index contributed by atoms with van der Waals surface area (Å²) in [7, 11) is 1.64. The highest BCUT2D eigenvalue weighted by atomic mass is 35.5. The molecule has 0 atom stereocenters. The molecule has 2 N–H and O–H groups in total. The highest BCUT2D eigenvalue weighted by Crippen LogP contribution is 2.34. The summed E-state index contributed by atoms with van der Waals surface area (Å²) in [5.74, 6) is 0.722. The predicted molar refractivity (Wildman–Crippen MR) is 75.3 cm³/mol. The zero-order valence-corrected chi connectivity index (χ0v) is 11.0. The molecule has 0 fully saturated rings. The average molecular weight is 263 g/mol. The van der Waals surface area contributed by atoms with Gasteiger partial charge < -0.3 is 15.0 Å². The van der Waals surface area contributed by atoms with Crippen molar-refractivity contribution in [3.63, 3.8) is 0 Å². The standard InChI is InChI=1S/C14H15ClN2O/c1-18-14-6-10-11(9-2-4-16-5-3-9)8-17-13(10)7-12(14)15/h2,6-8,16-17H,3-5H2,1H3. The van der Waals surface area contributed by atoms with Crippen LogP contribution in [-0.4, -0.2) is 25.2 Å². The van der Waals surface area contributed by atoms with Gasteiger partial charge in [0.1, 0.15) is 5.75 Å². The molecule has 4 heteroatoms. The lowest BCUT2D eigenvalue weighted by Crippen LogP contribution is -2.19. The van der Waals surface area contributed by atoms with Crippen molar-refractivity contribution < 1.29 is 4.74 Å². The molecule has 3 rings (SSSR count). The molecule has 0 unspecified atom stereocenters. The molecule has 0 radical (unpaired) electrons. The van der Waals surface area contributed by atoms with Crippen LogP contribution in [0, 0.1) is 0 Å². The van der Waals surface area contributed by atoms with Crippen LogP contribution in [0.15, 0.2) is 24.4 Å². The van der Waals surface area contributed by atoms with Crippen LogP contribution in [0.25, 0.3) is 16.5 Å². The fraction of sp³-hybridized carbons (Fsp3) is 0.286. The molecule has 18 heavy (non-hydrogen) atoms. The van der Waals surface area contributed by atoms with Crippen LogP contribution >= 0.6 is 11.6 Å². The highest BCUT2D eigenvalue weighted by molar-refractivity contribution is 6.32. The molecular formula is C14H15ClN2O. The van der Waals surface area contributed by atoms with Crippen molar-refractivity contribution in [2.75, 3.05) is 20.2 Å². The van der Waals surface area contributed by atoms with E-state index in [4.69, 9.17) is 16.3 Å². The Hall–Kier alpha value is -1.45. The maximum atomic E-state index is 6.13. The van der Waals surface area contributed by atoms with Crippen molar-refractivity contribution in [3.8, 4) is 5.75 Å². The first kappa shape index (κ1) is 11.6. The van der Waals surface area contributed by atoms with Gasteiger partial charge in [0.2, 0.25) is 0 Å². The van der Waals surface area contributed by atoms with Crippen molar-refractivity contribution >= 4 is 28.1 Å². The third-order valence-corrected chi connectivity index (χ3v) is 3.66. The van der Waals surface area contributed by atoms with Gasteiger partial charge in [0.25, 0.3) is 0 Å². The molecule has 0 amide bonds. The number of methoxy groups -OCH3 is 1. The topological polar surface area (TPSA) is 37.0 Å². The molecule has 94 valence electrons. The molecule has 0 saturated heterocycles. The van der Waals surface area contributed by atoms with Crippen molar-refractivity contribution in [2.24, 2.45) is 0 Å². The Bertz CT molecular complexity index is 616. The lowest BCUT2D eigenvalue weighted by molar-refractivity contribution is 0.415. The Morgan fingerprint density at radius 2 is 2.22 bits per heavy atom. The number of fused-ring (bicyclic) bond motifs is 1. The maximum absolute atomic E-state index is 6.13. The summed E-state index contributed by atoms with van der Waals surface area (Å²) in [5.41, 5.74) is 3.68. The van der Waals surface area contributed by atoms with Crippen LogP contribution in [0.5, 0.6) is 5.75 Å². The summed E-state index contributed by atoms with van der Waals surface area (Å²) in [6.07, 6.45) is 5.35. The largest absolute Gasteiger partial charge is 0.495 e. The minimum Gasteiger partial charge on any atom is -0.495 e. The van der Waals surface area contributed by atoms with E-state index in [2.05, 4.69) is 22.6 Å². The lowest BCUT2D eigenvalue weighted by atomic mass is 9.99. The molecule has 0 saturated carbocycles. The van der Waals surface area contributed by atoms with E-state index in [-0.39, 0.29) is 0 Å². The van der Waals surface area contributed by atoms with Crippen molar-refractivity contribution in [1.29, 1.82) is 0 Å². The van der Waals surface area contributed by atoms with Gasteiger partial charge in [-0.2, -0.15) is 0 Å². The molecule has 1 aliphatic heterocycles. The van der Waals surface area contributed by atoms with Crippen molar-refractivity contribution in [1.82, 2.24) is 10.3 Å². The second-order valence-corrected chi connectivity index (χ2v) is 4.83. The van der Waals surface area contributed by atoms with Gasteiger partial charge in [-0.1, -0.05) is 17.7 Å². The molecular weight excluding hydrogens is 248 g/mol. The van der Waals surface area contributed by atoms with Gasteiger partial charge in [0, 0.05) is 29.2 Å². The third kappa shape index (κ3) is 1.89. The van der Waals surface area contributed by atoms with Crippen LogP contribution in [0.3, 0.4) is 0 Å². The first-order chi connectivity index (χ1) is 8.79. The van der Waals surface area contributed by atoms with E-state index in [0.717, 1.165) is 30.8 Å². The summed E-state index contributed by atoms with van der Waals surface area (Å²) in [4.78, 5) is 3.28. The van der Waals surface area contributed by atoms with Crippen molar-refractivity contribution in [2.45, 2.75) is 6.42 Å². The number of halogens is 1. The van der Waals surface area contributed by atoms with E-state index in [9.17, 15) is 0 Å². The molecule has 2 heterocycles. The molecule has 2 aromatic rings. The Morgan fingerprint density at radius 1 is 1.33 bits per heavy atom. The van der Waals surface area contributed by atoms with Crippen LogP contribution in [-0.2, 0) is 0 Å². The third-order valence-electron chi connectivity index (χ3n) is 3.36. The number of aromatic amines is 1. The smallest absolute Gasteiger partial charge is 0.138 e. The van der Waals surface area contributed by atoms with E-state index >= 15 is 0 Å². The number of hydrogen-bond donors (Lipinski definition) is 2. The van der Waals surface area contributed by atoms with Gasteiger partial charge in [0.15, 0.2) is 0 Å². The number of aromatic nitrogens is 1. The van der Waals surface area contributed by atoms with Gasteiger partial charge in [0.05, 0.1) is 12.1 Å². The Balaban J connectivity index is 2.15. The summed E-state index contributed by atoms with van der Waals surface area (Å²) in [5, 5.41) is 5.13. The minimum absolute atomic E-state index is 0.637. The van der Waals surface area contributed by atoms with Crippen LogP contribution in [0.2, 0.25) is 5.02 Å². The van der Waals surface area contributed by atoms with Gasteiger partial charge in [-0.05, 0) is 30.7 Å². The van der Waals surface area contributed by atoms with E-state index in [0.29, 0.717) is 5.02 Å². The molecule has 0 bridgehead atoms. The number of nitrogens with one attached hydrogen (secondary N) is 2. The fourth-order valence-corrected chi connectivity index (χ4v) is 2.65. The van der Waals surface area contributed by atoms with Gasteiger partial charge in [-0.25, -0.2) is 0 Å². The van der Waals surface area contributed by atoms with Crippen LogP contribution in [0.4, 0.5) is 0 Å². The van der Waals surface area contributed by atoms with Gasteiger partial charge in [-0.15, -0.1) is 0 Å². The van der Waals surface area contributed by atoms with E-state index in [1.54, 1.807) is 7.11 Å². The van der Waals surface area contributed by atoms with Gasteiger partial charge in [-0.3, -0.25) is 0 Å². The van der Waals surface area contributed by atoms with Crippen LogP contribution < -0.4 is 10.1 Å². The van der Waals surface area contributed by atoms with E-state index < -0.39 is 0 Å². The zero-order chi connectivity index (χ0) is 12.5. The summed E-state index contributed by atoms with van der Waals surface area (Å²) in [6.45, 7) is 1.97. The SMILES string of the molecule is COc1cc2c(C3=CCNCC3)c[nH]c2cc1Cl. The normalized spacial score (nSPS) is 15.8. The Morgan fingerprint density at radius 3 is 2.94 bits per heavy atom.